The molecule has 1 atom stereocenters. The number of hydrogen-bond acceptors (Lipinski definition) is 5. The average Bonchev–Trinajstić information content (AvgIpc) is 3.23. The fourth-order valence-electron chi connectivity index (χ4n) is 4.12. The molecule has 1 fully saturated rings. The van der Waals surface area contributed by atoms with Gasteiger partial charge in [-0.15, -0.1) is 0 Å². The van der Waals surface area contributed by atoms with Crippen LogP contribution >= 0.6 is 0 Å². The lowest BCUT2D eigenvalue weighted by Gasteiger charge is -2.26. The van der Waals surface area contributed by atoms with Crippen LogP contribution in [0.1, 0.15) is 30.0 Å². The first kappa shape index (κ1) is 18.9. The van der Waals surface area contributed by atoms with E-state index in [1.54, 1.807) is 12.1 Å². The van der Waals surface area contributed by atoms with Crippen LogP contribution in [0, 0.1) is 5.95 Å². The molecule has 0 aliphatic carbocycles. The van der Waals surface area contributed by atoms with E-state index in [0.717, 1.165) is 31.0 Å². The number of ether oxygens (including phenoxy) is 3. The monoisotopic (exact) mass is 406 g/mol. The fraction of sp³-hybridized carbons (Fsp3) is 0.292. The Morgan fingerprint density at radius 3 is 2.67 bits per heavy atom. The topological polar surface area (TPSA) is 43.8 Å². The predicted octanol–water partition coefficient (Wildman–Crippen LogP) is 5.12. The van der Waals surface area contributed by atoms with E-state index in [4.69, 9.17) is 14.2 Å². The minimum atomic E-state index is -0.552. The standard InChI is InChI=1S/C24H23FN2O3/c25-23-4-1-5-24(26-23)30-19-9-6-17(7-10-19)16-27-12-2-3-20(27)18-8-11-21-22(15-18)29-14-13-28-21/h1,4-11,15,20H,2-3,12-14,16H2/t20-/m0/s1. The Morgan fingerprint density at radius 1 is 1.00 bits per heavy atom. The Morgan fingerprint density at radius 2 is 1.83 bits per heavy atom. The molecule has 0 radical (unpaired) electrons. The van der Waals surface area contributed by atoms with Crippen LogP contribution in [0.25, 0.3) is 0 Å². The number of nitrogens with zero attached hydrogens (tertiary/aromatic N) is 2. The lowest BCUT2D eigenvalue weighted by atomic mass is 10.0. The number of pyridine rings is 1. The van der Waals surface area contributed by atoms with Gasteiger partial charge in [0.05, 0.1) is 0 Å². The fourth-order valence-corrected chi connectivity index (χ4v) is 4.12. The van der Waals surface area contributed by atoms with Gasteiger partial charge in [0.25, 0.3) is 0 Å². The van der Waals surface area contributed by atoms with E-state index in [0.29, 0.717) is 25.0 Å². The van der Waals surface area contributed by atoms with E-state index >= 15 is 0 Å². The van der Waals surface area contributed by atoms with Crippen molar-refractivity contribution in [2.75, 3.05) is 19.8 Å². The molecule has 0 bridgehead atoms. The van der Waals surface area contributed by atoms with E-state index < -0.39 is 5.95 Å². The Bertz CT molecular complexity index is 1030. The maximum atomic E-state index is 13.2. The highest BCUT2D eigenvalue weighted by Gasteiger charge is 2.27. The molecule has 3 aromatic rings. The highest BCUT2D eigenvalue weighted by molar-refractivity contribution is 5.45. The normalized spacial score (nSPS) is 18.4. The summed E-state index contributed by atoms with van der Waals surface area (Å²) < 4.78 is 30.3. The molecule has 2 aliphatic rings. The first-order valence-corrected chi connectivity index (χ1v) is 10.3. The quantitative estimate of drug-likeness (QED) is 0.550. The van der Waals surface area contributed by atoms with Crippen molar-refractivity contribution in [3.05, 3.63) is 77.7 Å². The molecule has 30 heavy (non-hydrogen) atoms. The van der Waals surface area contributed by atoms with Crippen molar-refractivity contribution in [1.82, 2.24) is 9.88 Å². The molecule has 6 heteroatoms. The van der Waals surface area contributed by atoms with Gasteiger partial charge in [-0.05, 0) is 60.8 Å². The van der Waals surface area contributed by atoms with E-state index in [9.17, 15) is 4.39 Å². The maximum absolute atomic E-state index is 13.2. The third kappa shape index (κ3) is 4.09. The number of halogens is 1. The van der Waals surface area contributed by atoms with Crippen molar-refractivity contribution in [2.45, 2.75) is 25.4 Å². The minimum absolute atomic E-state index is 0.251. The van der Waals surface area contributed by atoms with Crippen molar-refractivity contribution in [1.29, 1.82) is 0 Å². The summed E-state index contributed by atoms with van der Waals surface area (Å²) in [7, 11) is 0. The van der Waals surface area contributed by atoms with Crippen LogP contribution in [-0.2, 0) is 6.54 Å². The van der Waals surface area contributed by atoms with Gasteiger partial charge in [-0.1, -0.05) is 24.3 Å². The molecule has 2 aliphatic heterocycles. The molecule has 2 aromatic carbocycles. The summed E-state index contributed by atoms with van der Waals surface area (Å²) in [5.74, 6) is 2.02. The third-order valence-corrected chi connectivity index (χ3v) is 5.54. The first-order chi connectivity index (χ1) is 14.7. The Hall–Kier alpha value is -3.12. The molecule has 0 N–H and O–H groups in total. The molecular weight excluding hydrogens is 383 g/mol. The highest BCUT2D eigenvalue weighted by Crippen LogP contribution is 2.38. The second-order valence-electron chi connectivity index (χ2n) is 7.58. The van der Waals surface area contributed by atoms with Crippen LogP contribution in [0.3, 0.4) is 0 Å². The highest BCUT2D eigenvalue weighted by atomic mass is 19.1. The lowest BCUT2D eigenvalue weighted by Crippen LogP contribution is -2.23. The van der Waals surface area contributed by atoms with Gasteiger partial charge in [0, 0.05) is 18.7 Å². The zero-order valence-electron chi connectivity index (χ0n) is 16.6. The molecule has 0 amide bonds. The second-order valence-corrected chi connectivity index (χ2v) is 7.58. The van der Waals surface area contributed by atoms with Crippen molar-refractivity contribution in [3.8, 4) is 23.1 Å². The molecule has 1 aromatic heterocycles. The van der Waals surface area contributed by atoms with Gasteiger partial charge < -0.3 is 14.2 Å². The van der Waals surface area contributed by atoms with Crippen molar-refractivity contribution in [2.24, 2.45) is 0 Å². The van der Waals surface area contributed by atoms with Gasteiger partial charge >= 0.3 is 0 Å². The Balaban J connectivity index is 1.27. The lowest BCUT2D eigenvalue weighted by molar-refractivity contribution is 0.170. The largest absolute Gasteiger partial charge is 0.486 e. The predicted molar refractivity (Wildman–Crippen MR) is 111 cm³/mol. The molecule has 3 heterocycles. The van der Waals surface area contributed by atoms with Gasteiger partial charge in [0.15, 0.2) is 11.5 Å². The first-order valence-electron chi connectivity index (χ1n) is 10.3. The van der Waals surface area contributed by atoms with Gasteiger partial charge in [-0.3, -0.25) is 4.90 Å². The van der Waals surface area contributed by atoms with Crippen molar-refractivity contribution >= 4 is 0 Å². The molecule has 154 valence electrons. The maximum Gasteiger partial charge on any atom is 0.221 e. The summed E-state index contributed by atoms with van der Waals surface area (Å²) in [6, 6.07) is 19.1. The van der Waals surface area contributed by atoms with Crippen LogP contribution in [0.15, 0.2) is 60.7 Å². The number of aromatic nitrogens is 1. The van der Waals surface area contributed by atoms with Crippen molar-refractivity contribution in [3.63, 3.8) is 0 Å². The van der Waals surface area contributed by atoms with Gasteiger partial charge in [0.1, 0.15) is 19.0 Å². The van der Waals surface area contributed by atoms with Gasteiger partial charge in [0.2, 0.25) is 11.8 Å². The zero-order valence-corrected chi connectivity index (χ0v) is 16.6. The van der Waals surface area contributed by atoms with Crippen LogP contribution in [0.4, 0.5) is 4.39 Å². The van der Waals surface area contributed by atoms with Crippen LogP contribution < -0.4 is 14.2 Å². The number of rotatable bonds is 5. The molecule has 1 saturated heterocycles. The summed E-state index contributed by atoms with van der Waals surface area (Å²) in [6.07, 6.45) is 2.30. The third-order valence-electron chi connectivity index (χ3n) is 5.54. The molecular formula is C24H23FN2O3. The molecule has 5 nitrogen and oxygen atoms in total. The Labute approximate surface area is 175 Å². The molecule has 0 unspecified atom stereocenters. The van der Waals surface area contributed by atoms with Crippen LogP contribution in [0.5, 0.6) is 23.1 Å². The second kappa shape index (κ2) is 8.32. The van der Waals surface area contributed by atoms with E-state index in [2.05, 4.69) is 22.0 Å². The van der Waals surface area contributed by atoms with Crippen LogP contribution in [-0.4, -0.2) is 29.6 Å². The van der Waals surface area contributed by atoms with Gasteiger partial charge in [-0.2, -0.15) is 9.37 Å². The number of benzene rings is 2. The molecule has 0 spiro atoms. The minimum Gasteiger partial charge on any atom is -0.486 e. The smallest absolute Gasteiger partial charge is 0.221 e. The molecule has 0 saturated carbocycles. The van der Waals surface area contributed by atoms with Crippen molar-refractivity contribution < 1.29 is 18.6 Å². The van der Waals surface area contributed by atoms with Gasteiger partial charge in [-0.25, -0.2) is 0 Å². The van der Waals surface area contributed by atoms with E-state index in [1.165, 1.54) is 23.6 Å². The molecule has 5 rings (SSSR count). The number of fused-ring (bicyclic) bond motifs is 1. The summed E-state index contributed by atoms with van der Waals surface area (Å²) in [4.78, 5) is 6.23. The average molecular weight is 406 g/mol. The zero-order chi connectivity index (χ0) is 20.3. The SMILES string of the molecule is Fc1cccc(Oc2ccc(CN3CCC[C@H]3c3ccc4c(c3)OCCO4)cc2)n1. The summed E-state index contributed by atoms with van der Waals surface area (Å²) in [5, 5.41) is 0. The summed E-state index contributed by atoms with van der Waals surface area (Å²) in [5.41, 5.74) is 2.48. The van der Waals surface area contributed by atoms with Crippen LogP contribution in [0.2, 0.25) is 0 Å². The Kier molecular flexibility index (Phi) is 5.24. The number of hydrogen-bond donors (Lipinski definition) is 0. The summed E-state index contributed by atoms with van der Waals surface area (Å²) in [6.45, 7) is 3.13. The van der Waals surface area contributed by atoms with E-state index in [-0.39, 0.29) is 5.88 Å². The number of likely N-dealkylation sites (tertiary alicyclic amines) is 1. The van der Waals surface area contributed by atoms with E-state index in [1.807, 2.05) is 30.3 Å². The summed E-state index contributed by atoms with van der Waals surface area (Å²) >= 11 is 0.